The molecule has 1 aliphatic rings. The van der Waals surface area contributed by atoms with Gasteiger partial charge in [0.2, 0.25) is 11.8 Å². The highest BCUT2D eigenvalue weighted by atomic mass is 35.5. The lowest BCUT2D eigenvalue weighted by Crippen LogP contribution is -2.31. The fourth-order valence-electron chi connectivity index (χ4n) is 2.93. The van der Waals surface area contributed by atoms with E-state index < -0.39 is 15.9 Å². The van der Waals surface area contributed by atoms with Crippen molar-refractivity contribution in [2.24, 2.45) is 0 Å². The van der Waals surface area contributed by atoms with Gasteiger partial charge >= 0.3 is 0 Å². The molecule has 8 heteroatoms. The smallest absolute Gasteiger partial charge is 0.244 e. The maximum atomic E-state index is 12.7. The minimum atomic E-state index is -1.48. The first-order chi connectivity index (χ1) is 13.1. The zero-order valence-corrected chi connectivity index (χ0v) is 17.5. The van der Waals surface area contributed by atoms with E-state index in [0.717, 1.165) is 17.7 Å². The van der Waals surface area contributed by atoms with E-state index in [0.29, 0.717) is 22.8 Å². The molecule has 1 atom stereocenters. The SMILES string of the molecule is CC(=O)N1CCc2cc(S(=O)Nc3cccc(NC(=O)C(C)(C)Cl)c3)ccc21. The molecule has 1 heterocycles. The first kappa shape index (κ1) is 20.4. The van der Waals surface area contributed by atoms with Crippen molar-refractivity contribution in [1.82, 2.24) is 0 Å². The molecule has 0 fully saturated rings. The fourth-order valence-corrected chi connectivity index (χ4v) is 3.87. The monoisotopic (exact) mass is 419 g/mol. The Bertz CT molecular complexity index is 956. The number of carbonyl (C=O) groups is 2. The Balaban J connectivity index is 1.73. The Morgan fingerprint density at radius 1 is 1.14 bits per heavy atom. The number of alkyl halides is 1. The predicted molar refractivity (Wildman–Crippen MR) is 113 cm³/mol. The van der Waals surface area contributed by atoms with Crippen LogP contribution in [0.2, 0.25) is 0 Å². The molecule has 0 radical (unpaired) electrons. The Morgan fingerprint density at radius 2 is 1.86 bits per heavy atom. The summed E-state index contributed by atoms with van der Waals surface area (Å²) in [6.07, 6.45) is 0.746. The van der Waals surface area contributed by atoms with Crippen LogP contribution >= 0.6 is 11.6 Å². The van der Waals surface area contributed by atoms with Crippen molar-refractivity contribution in [1.29, 1.82) is 0 Å². The van der Waals surface area contributed by atoms with E-state index in [1.807, 2.05) is 12.1 Å². The highest BCUT2D eigenvalue weighted by Gasteiger charge is 2.24. The molecule has 2 aromatic carbocycles. The molecule has 2 aromatic rings. The standard InChI is InChI=1S/C20H22ClN3O3S/c1-13(25)24-10-9-14-11-17(7-8-18(14)24)28(27)23-16-6-4-5-15(12-16)22-19(26)20(2,3)21/h4-8,11-12,23H,9-10H2,1-3H3,(H,22,26). The van der Waals surface area contributed by atoms with E-state index in [1.165, 1.54) is 0 Å². The van der Waals surface area contributed by atoms with Crippen LogP contribution in [0.5, 0.6) is 0 Å². The number of nitrogens with one attached hydrogen (secondary N) is 2. The van der Waals surface area contributed by atoms with Gasteiger partial charge in [0.15, 0.2) is 0 Å². The molecular formula is C20H22ClN3O3S. The van der Waals surface area contributed by atoms with Gasteiger partial charge in [-0.1, -0.05) is 6.07 Å². The predicted octanol–water partition coefficient (Wildman–Crippen LogP) is 3.69. The van der Waals surface area contributed by atoms with Crippen molar-refractivity contribution in [2.45, 2.75) is 37.0 Å². The van der Waals surface area contributed by atoms with Crippen LogP contribution in [0.4, 0.5) is 17.1 Å². The van der Waals surface area contributed by atoms with Crippen molar-refractivity contribution >= 4 is 51.5 Å². The summed E-state index contributed by atoms with van der Waals surface area (Å²) in [6.45, 7) is 5.41. The number of carbonyl (C=O) groups excluding carboxylic acids is 2. The normalized spacial score (nSPS) is 14.4. The van der Waals surface area contributed by atoms with E-state index in [4.69, 9.17) is 11.6 Å². The van der Waals surface area contributed by atoms with E-state index in [1.54, 1.807) is 56.0 Å². The van der Waals surface area contributed by atoms with Crippen LogP contribution in [0, 0.1) is 0 Å². The third-order valence-corrected chi connectivity index (χ3v) is 5.69. The molecule has 1 aliphatic heterocycles. The van der Waals surface area contributed by atoms with Crippen LogP contribution in [0.3, 0.4) is 0 Å². The Morgan fingerprint density at radius 3 is 2.54 bits per heavy atom. The zero-order valence-electron chi connectivity index (χ0n) is 15.9. The number of fused-ring (bicyclic) bond motifs is 1. The largest absolute Gasteiger partial charge is 0.325 e. The quantitative estimate of drug-likeness (QED) is 0.725. The van der Waals surface area contributed by atoms with Gasteiger partial charge in [0.25, 0.3) is 0 Å². The maximum absolute atomic E-state index is 12.7. The van der Waals surface area contributed by atoms with E-state index >= 15 is 0 Å². The summed E-state index contributed by atoms with van der Waals surface area (Å²) in [7, 11) is -1.48. The molecule has 28 heavy (non-hydrogen) atoms. The highest BCUT2D eigenvalue weighted by Crippen LogP contribution is 2.30. The summed E-state index contributed by atoms with van der Waals surface area (Å²) >= 11 is 6.01. The number of benzene rings is 2. The number of halogens is 1. The molecule has 2 N–H and O–H groups in total. The van der Waals surface area contributed by atoms with Gasteiger partial charge in [-0.25, -0.2) is 4.21 Å². The fraction of sp³-hybridized carbons (Fsp3) is 0.300. The van der Waals surface area contributed by atoms with E-state index in [9.17, 15) is 13.8 Å². The third-order valence-electron chi connectivity index (χ3n) is 4.41. The number of hydrogen-bond acceptors (Lipinski definition) is 3. The van der Waals surface area contributed by atoms with Crippen molar-refractivity contribution < 1.29 is 13.8 Å². The third kappa shape index (κ3) is 4.54. The first-order valence-corrected chi connectivity index (χ1v) is 10.4. The lowest BCUT2D eigenvalue weighted by molar-refractivity contribution is -0.118. The summed E-state index contributed by atoms with van der Waals surface area (Å²) in [5, 5.41) is 2.74. The second kappa shape index (κ2) is 7.93. The summed E-state index contributed by atoms with van der Waals surface area (Å²) in [5.41, 5.74) is 3.05. The molecular weight excluding hydrogens is 398 g/mol. The molecule has 1 unspecified atom stereocenters. The van der Waals surface area contributed by atoms with Crippen molar-refractivity contribution in [2.75, 3.05) is 21.5 Å². The molecule has 0 saturated carbocycles. The minimum Gasteiger partial charge on any atom is -0.325 e. The number of rotatable bonds is 5. The second-order valence-electron chi connectivity index (χ2n) is 7.09. The average molecular weight is 420 g/mol. The second-order valence-corrected chi connectivity index (χ2v) is 9.25. The molecule has 6 nitrogen and oxygen atoms in total. The van der Waals surface area contributed by atoms with Gasteiger partial charge in [-0.05, 0) is 62.2 Å². The van der Waals surface area contributed by atoms with Crippen molar-refractivity contribution in [3.63, 3.8) is 0 Å². The van der Waals surface area contributed by atoms with Crippen LogP contribution in [0.25, 0.3) is 0 Å². The summed E-state index contributed by atoms with van der Waals surface area (Å²) < 4.78 is 15.7. The van der Waals surface area contributed by atoms with Crippen LogP contribution in [0.1, 0.15) is 26.3 Å². The molecule has 0 aromatic heterocycles. The molecule has 2 amide bonds. The number of anilines is 3. The number of amides is 2. The van der Waals surface area contributed by atoms with Crippen LogP contribution in [0.15, 0.2) is 47.4 Å². The van der Waals surface area contributed by atoms with Gasteiger partial charge in [-0.3, -0.25) is 9.59 Å². The lowest BCUT2D eigenvalue weighted by Gasteiger charge is -2.16. The van der Waals surface area contributed by atoms with Gasteiger partial charge < -0.3 is 14.9 Å². The first-order valence-electron chi connectivity index (χ1n) is 8.85. The highest BCUT2D eigenvalue weighted by molar-refractivity contribution is 7.86. The molecule has 0 aliphatic carbocycles. The van der Waals surface area contributed by atoms with Crippen LogP contribution in [-0.2, 0) is 27.0 Å². The van der Waals surface area contributed by atoms with Gasteiger partial charge in [0.05, 0.1) is 4.90 Å². The summed E-state index contributed by atoms with van der Waals surface area (Å²) in [5.74, 6) is -0.314. The van der Waals surface area contributed by atoms with E-state index in [2.05, 4.69) is 10.0 Å². The molecule has 3 rings (SSSR count). The average Bonchev–Trinajstić information content (AvgIpc) is 3.04. The Kier molecular flexibility index (Phi) is 5.76. The van der Waals surface area contributed by atoms with E-state index in [-0.39, 0.29) is 11.8 Å². The summed E-state index contributed by atoms with van der Waals surface area (Å²) in [4.78, 5) is 25.0. The Labute approximate surface area is 171 Å². The summed E-state index contributed by atoms with van der Waals surface area (Å²) in [6, 6.07) is 12.4. The molecule has 0 spiro atoms. The van der Waals surface area contributed by atoms with Gasteiger partial charge in [0, 0.05) is 30.5 Å². The topological polar surface area (TPSA) is 78.5 Å². The molecule has 148 valence electrons. The maximum Gasteiger partial charge on any atom is 0.244 e. The van der Waals surface area contributed by atoms with Crippen LogP contribution < -0.4 is 14.9 Å². The van der Waals surface area contributed by atoms with Crippen molar-refractivity contribution in [3.8, 4) is 0 Å². The van der Waals surface area contributed by atoms with Gasteiger partial charge in [-0.15, -0.1) is 11.6 Å². The Hall–Kier alpha value is -2.38. The number of hydrogen-bond donors (Lipinski definition) is 2. The number of nitrogens with zero attached hydrogens (tertiary/aromatic N) is 1. The van der Waals surface area contributed by atoms with Gasteiger partial charge in [0.1, 0.15) is 15.9 Å². The van der Waals surface area contributed by atoms with Crippen molar-refractivity contribution in [3.05, 3.63) is 48.0 Å². The lowest BCUT2D eigenvalue weighted by atomic mass is 10.2. The minimum absolute atomic E-state index is 0.00438. The van der Waals surface area contributed by atoms with Gasteiger partial charge in [-0.2, -0.15) is 0 Å². The molecule has 0 saturated heterocycles. The van der Waals surface area contributed by atoms with Crippen LogP contribution in [-0.4, -0.2) is 27.4 Å². The zero-order chi connectivity index (χ0) is 20.5. The molecule has 0 bridgehead atoms.